The van der Waals surface area contributed by atoms with E-state index >= 15 is 0 Å². The summed E-state index contributed by atoms with van der Waals surface area (Å²) < 4.78 is 0. The Morgan fingerprint density at radius 3 is 1.43 bits per heavy atom. The predicted octanol–water partition coefficient (Wildman–Crippen LogP) is 4.67. The molecule has 0 saturated carbocycles. The van der Waals surface area contributed by atoms with Crippen LogP contribution in [0.2, 0.25) is 0 Å². The Hall–Kier alpha value is -1.04. The topological polar surface area (TPSA) is 0 Å². The van der Waals surface area contributed by atoms with Crippen LogP contribution < -0.4 is 0 Å². The summed E-state index contributed by atoms with van der Waals surface area (Å²) in [6, 6.07) is 0. The molecule has 0 atom stereocenters. The summed E-state index contributed by atoms with van der Waals surface area (Å²) in [7, 11) is 0. The summed E-state index contributed by atoms with van der Waals surface area (Å²) in [6.45, 7) is 15.2. The van der Waals surface area contributed by atoms with Crippen molar-refractivity contribution in [2.45, 2.75) is 32.1 Å². The van der Waals surface area contributed by atoms with E-state index in [0.717, 1.165) is 32.1 Å². The number of hydrogen-bond acceptors (Lipinski definition) is 0. The van der Waals surface area contributed by atoms with Crippen molar-refractivity contribution in [1.29, 1.82) is 0 Å². The van der Waals surface area contributed by atoms with Gasteiger partial charge in [-0.3, -0.25) is 0 Å². The normalized spacial score (nSPS) is 10.6. The molecule has 0 aromatic heterocycles. The molecule has 0 aromatic rings. The zero-order valence-electron chi connectivity index (χ0n) is 9.17. The molecule has 78 valence electrons. The first-order chi connectivity index (χ1) is 6.74. The van der Waals surface area contributed by atoms with E-state index in [1.54, 1.807) is 0 Å². The van der Waals surface area contributed by atoms with Gasteiger partial charge in [0, 0.05) is 0 Å². The van der Waals surface area contributed by atoms with Crippen LogP contribution >= 0.6 is 0 Å². The highest BCUT2D eigenvalue weighted by molar-refractivity contribution is 4.96. The fourth-order valence-corrected chi connectivity index (χ4v) is 1.88. The first-order valence-electron chi connectivity index (χ1n) is 5.18. The summed E-state index contributed by atoms with van der Waals surface area (Å²) in [5.74, 6) is 0. The van der Waals surface area contributed by atoms with Crippen LogP contribution in [0, 0.1) is 5.41 Å². The fourth-order valence-electron chi connectivity index (χ4n) is 1.88. The first-order valence-corrected chi connectivity index (χ1v) is 5.18. The van der Waals surface area contributed by atoms with Crippen LogP contribution in [0.15, 0.2) is 50.6 Å². The van der Waals surface area contributed by atoms with Crippen molar-refractivity contribution in [2.24, 2.45) is 5.41 Å². The minimum atomic E-state index is 0.277. The molecule has 0 aliphatic rings. The lowest BCUT2D eigenvalue weighted by Gasteiger charge is -2.30. The van der Waals surface area contributed by atoms with E-state index in [9.17, 15) is 0 Å². The Morgan fingerprint density at radius 1 is 0.714 bits per heavy atom. The number of allylic oxidation sites excluding steroid dienone is 4. The summed E-state index contributed by atoms with van der Waals surface area (Å²) in [5.41, 5.74) is 0.277. The Bertz CT molecular complexity index is 172. The average molecular weight is 190 g/mol. The van der Waals surface area contributed by atoms with Gasteiger partial charge in [-0.15, -0.1) is 26.3 Å². The monoisotopic (exact) mass is 190 g/mol. The minimum absolute atomic E-state index is 0.277. The second-order valence-electron chi connectivity index (χ2n) is 3.81. The molecule has 0 heteroatoms. The van der Waals surface area contributed by atoms with E-state index < -0.39 is 0 Å². The summed E-state index contributed by atoms with van der Waals surface area (Å²) in [4.78, 5) is 0. The van der Waals surface area contributed by atoms with Crippen molar-refractivity contribution < 1.29 is 0 Å². The second-order valence-corrected chi connectivity index (χ2v) is 3.81. The molecular weight excluding hydrogens is 168 g/mol. The van der Waals surface area contributed by atoms with Crippen molar-refractivity contribution in [3.63, 3.8) is 0 Å². The van der Waals surface area contributed by atoms with Crippen LogP contribution in [-0.4, -0.2) is 0 Å². The molecule has 0 N–H and O–H groups in total. The molecule has 14 heavy (non-hydrogen) atoms. The standard InChI is InChI=1S/C14H22/c1-5-9-13-14(10-6-2,11-7-3)12-8-4/h5-8H,1-4,9-13H2. The molecule has 0 radical (unpaired) electrons. The first kappa shape index (κ1) is 13.0. The number of hydrogen-bond donors (Lipinski definition) is 0. The molecule has 0 unspecified atom stereocenters. The van der Waals surface area contributed by atoms with E-state index in [1.807, 2.05) is 24.3 Å². The summed E-state index contributed by atoms with van der Waals surface area (Å²) >= 11 is 0. The van der Waals surface area contributed by atoms with Gasteiger partial charge in [0.05, 0.1) is 0 Å². The van der Waals surface area contributed by atoms with Gasteiger partial charge in [-0.25, -0.2) is 0 Å². The van der Waals surface area contributed by atoms with Gasteiger partial charge >= 0.3 is 0 Å². The van der Waals surface area contributed by atoms with E-state index in [2.05, 4.69) is 26.3 Å². The van der Waals surface area contributed by atoms with E-state index in [-0.39, 0.29) is 5.41 Å². The lowest BCUT2D eigenvalue weighted by molar-refractivity contribution is 0.274. The van der Waals surface area contributed by atoms with Crippen molar-refractivity contribution in [1.82, 2.24) is 0 Å². The second kappa shape index (κ2) is 7.37. The van der Waals surface area contributed by atoms with Crippen LogP contribution in [0.1, 0.15) is 32.1 Å². The molecule has 0 aliphatic heterocycles. The van der Waals surface area contributed by atoms with E-state index in [1.165, 1.54) is 0 Å². The van der Waals surface area contributed by atoms with Gasteiger partial charge in [0.15, 0.2) is 0 Å². The maximum atomic E-state index is 3.82. The van der Waals surface area contributed by atoms with Crippen LogP contribution in [0.3, 0.4) is 0 Å². The molecule has 0 heterocycles. The molecule has 0 rings (SSSR count). The van der Waals surface area contributed by atoms with Gasteiger partial charge in [0.1, 0.15) is 0 Å². The maximum Gasteiger partial charge on any atom is -0.0191 e. The third-order valence-electron chi connectivity index (χ3n) is 2.61. The average Bonchev–Trinajstić information content (AvgIpc) is 2.16. The minimum Gasteiger partial charge on any atom is -0.103 e. The van der Waals surface area contributed by atoms with Crippen LogP contribution in [0.25, 0.3) is 0 Å². The molecule has 0 amide bonds. The molecule has 0 saturated heterocycles. The summed E-state index contributed by atoms with van der Waals surface area (Å²) in [5, 5.41) is 0. The van der Waals surface area contributed by atoms with Gasteiger partial charge in [0.2, 0.25) is 0 Å². The van der Waals surface area contributed by atoms with Gasteiger partial charge < -0.3 is 0 Å². The lowest BCUT2D eigenvalue weighted by Crippen LogP contribution is -2.18. The SMILES string of the molecule is C=CCCC(CC=C)(CC=C)CC=C. The van der Waals surface area contributed by atoms with Crippen molar-refractivity contribution in [3.05, 3.63) is 50.6 Å². The highest BCUT2D eigenvalue weighted by Crippen LogP contribution is 2.37. The van der Waals surface area contributed by atoms with Crippen molar-refractivity contribution >= 4 is 0 Å². The zero-order chi connectivity index (χ0) is 10.9. The van der Waals surface area contributed by atoms with Crippen LogP contribution in [0.4, 0.5) is 0 Å². The molecule has 0 nitrogen and oxygen atoms in total. The third kappa shape index (κ3) is 4.27. The lowest BCUT2D eigenvalue weighted by atomic mass is 9.74. The van der Waals surface area contributed by atoms with Crippen molar-refractivity contribution in [3.8, 4) is 0 Å². The Labute approximate surface area is 88.7 Å². The zero-order valence-corrected chi connectivity index (χ0v) is 9.17. The smallest absolute Gasteiger partial charge is 0.0191 e. The quantitative estimate of drug-likeness (QED) is 0.464. The molecular formula is C14H22. The Morgan fingerprint density at radius 2 is 1.14 bits per heavy atom. The number of rotatable bonds is 9. The molecule has 0 spiro atoms. The predicted molar refractivity (Wildman–Crippen MR) is 66.3 cm³/mol. The molecule has 0 bridgehead atoms. The largest absolute Gasteiger partial charge is 0.103 e. The highest BCUT2D eigenvalue weighted by Gasteiger charge is 2.24. The Balaban J connectivity index is 4.50. The van der Waals surface area contributed by atoms with Crippen molar-refractivity contribution in [2.75, 3.05) is 0 Å². The van der Waals surface area contributed by atoms with Gasteiger partial charge in [0.25, 0.3) is 0 Å². The van der Waals surface area contributed by atoms with Gasteiger partial charge in [-0.2, -0.15) is 0 Å². The van der Waals surface area contributed by atoms with Gasteiger partial charge in [-0.05, 0) is 37.5 Å². The molecule has 0 fully saturated rings. The van der Waals surface area contributed by atoms with E-state index in [4.69, 9.17) is 0 Å². The van der Waals surface area contributed by atoms with Crippen LogP contribution in [-0.2, 0) is 0 Å². The Kier molecular flexibility index (Phi) is 6.82. The van der Waals surface area contributed by atoms with E-state index in [0.29, 0.717) is 0 Å². The molecule has 0 aromatic carbocycles. The maximum absolute atomic E-state index is 3.82. The van der Waals surface area contributed by atoms with Crippen LogP contribution in [0.5, 0.6) is 0 Å². The molecule has 0 aliphatic carbocycles. The third-order valence-corrected chi connectivity index (χ3v) is 2.61. The summed E-state index contributed by atoms with van der Waals surface area (Å²) in [6.07, 6.45) is 13.2. The highest BCUT2D eigenvalue weighted by atomic mass is 14.3. The van der Waals surface area contributed by atoms with Gasteiger partial charge in [-0.1, -0.05) is 24.3 Å². The fraction of sp³-hybridized carbons (Fsp3) is 0.429.